The zero-order valence-corrected chi connectivity index (χ0v) is 15.8. The lowest BCUT2D eigenvalue weighted by Crippen LogP contribution is -2.40. The van der Waals surface area contributed by atoms with Gasteiger partial charge in [-0.2, -0.15) is 0 Å². The summed E-state index contributed by atoms with van der Waals surface area (Å²) >= 11 is 0. The molecule has 0 atom stereocenters. The second-order valence-corrected chi connectivity index (χ2v) is 8.56. The fourth-order valence-corrected chi connectivity index (χ4v) is 4.98. The zero-order valence-electron chi connectivity index (χ0n) is 15.8. The molecule has 140 valence electrons. The van der Waals surface area contributed by atoms with Gasteiger partial charge in [0.2, 0.25) is 5.54 Å². The Morgan fingerprint density at radius 2 is 1.29 bits per heavy atom. The van der Waals surface area contributed by atoms with Gasteiger partial charge in [-0.3, -0.25) is 10.1 Å². The van der Waals surface area contributed by atoms with Crippen molar-refractivity contribution in [3.63, 3.8) is 0 Å². The van der Waals surface area contributed by atoms with Crippen LogP contribution >= 0.6 is 0 Å². The summed E-state index contributed by atoms with van der Waals surface area (Å²) in [6.45, 7) is 0. The van der Waals surface area contributed by atoms with Gasteiger partial charge in [-0.25, -0.2) is 0 Å². The second kappa shape index (κ2) is 11.1. The molecule has 24 heavy (non-hydrogen) atoms. The number of rotatable bonds is 11. The lowest BCUT2D eigenvalue weighted by molar-refractivity contribution is -0.576. The van der Waals surface area contributed by atoms with E-state index >= 15 is 0 Å². The monoisotopic (exact) mass is 337 g/mol. The molecular formula is C21H39NO2. The highest BCUT2D eigenvalue weighted by molar-refractivity contribution is 4.83. The van der Waals surface area contributed by atoms with Gasteiger partial charge >= 0.3 is 0 Å². The minimum atomic E-state index is -0.557. The van der Waals surface area contributed by atoms with E-state index in [4.69, 9.17) is 0 Å². The Morgan fingerprint density at radius 3 is 1.92 bits per heavy atom. The normalized spacial score (nSPS) is 21.7. The van der Waals surface area contributed by atoms with E-state index in [-0.39, 0.29) is 4.92 Å². The van der Waals surface area contributed by atoms with Crippen LogP contribution in [-0.4, -0.2) is 10.5 Å². The molecule has 2 fully saturated rings. The lowest BCUT2D eigenvalue weighted by atomic mass is 9.78. The molecule has 0 aliphatic heterocycles. The first-order valence-electron chi connectivity index (χ1n) is 10.9. The van der Waals surface area contributed by atoms with Gasteiger partial charge in [-0.05, 0) is 25.2 Å². The number of nitrogens with zero attached hydrogens (tertiary/aromatic N) is 1. The summed E-state index contributed by atoms with van der Waals surface area (Å²) in [5.74, 6) is 1.03. The van der Waals surface area contributed by atoms with E-state index in [2.05, 4.69) is 0 Å². The van der Waals surface area contributed by atoms with Gasteiger partial charge in [0, 0.05) is 24.2 Å². The van der Waals surface area contributed by atoms with Crippen molar-refractivity contribution in [2.75, 3.05) is 0 Å². The van der Waals surface area contributed by atoms with Crippen LogP contribution < -0.4 is 0 Å². The molecule has 3 nitrogen and oxygen atoms in total. The van der Waals surface area contributed by atoms with E-state index in [1.165, 1.54) is 83.5 Å². The highest BCUT2D eigenvalue weighted by atomic mass is 16.6. The molecule has 0 heterocycles. The Balaban J connectivity index is 1.44. The van der Waals surface area contributed by atoms with Crippen LogP contribution in [0, 0.1) is 16.0 Å². The Morgan fingerprint density at radius 1 is 0.750 bits per heavy atom. The Hall–Kier alpha value is -0.600. The van der Waals surface area contributed by atoms with Crippen molar-refractivity contribution >= 4 is 0 Å². The number of hydrogen-bond acceptors (Lipinski definition) is 2. The summed E-state index contributed by atoms with van der Waals surface area (Å²) < 4.78 is 0. The number of hydrogen-bond donors (Lipinski definition) is 0. The van der Waals surface area contributed by atoms with Gasteiger partial charge in [0.25, 0.3) is 0 Å². The van der Waals surface area contributed by atoms with E-state index in [0.29, 0.717) is 0 Å². The van der Waals surface area contributed by atoms with Crippen LogP contribution in [0.3, 0.4) is 0 Å². The average molecular weight is 338 g/mol. The van der Waals surface area contributed by atoms with Crippen LogP contribution in [0.2, 0.25) is 0 Å². The van der Waals surface area contributed by atoms with Gasteiger partial charge in [0.15, 0.2) is 0 Å². The van der Waals surface area contributed by atoms with Crippen molar-refractivity contribution in [3.05, 3.63) is 10.1 Å². The van der Waals surface area contributed by atoms with Gasteiger partial charge in [0.05, 0.1) is 0 Å². The van der Waals surface area contributed by atoms with Crippen molar-refractivity contribution in [1.82, 2.24) is 0 Å². The van der Waals surface area contributed by atoms with Crippen molar-refractivity contribution < 1.29 is 4.92 Å². The minimum Gasteiger partial charge on any atom is -0.264 e. The van der Waals surface area contributed by atoms with E-state index in [1.807, 2.05) is 0 Å². The molecule has 2 aliphatic rings. The predicted octanol–water partition coefficient (Wildman–Crippen LogP) is 7.06. The Bertz CT molecular complexity index is 344. The summed E-state index contributed by atoms with van der Waals surface area (Å²) in [6.07, 6.45) is 23.7. The molecule has 0 aromatic carbocycles. The van der Waals surface area contributed by atoms with Crippen molar-refractivity contribution in [2.24, 2.45) is 5.92 Å². The first-order valence-corrected chi connectivity index (χ1v) is 10.9. The minimum absolute atomic E-state index is 0.0530. The van der Waals surface area contributed by atoms with Crippen molar-refractivity contribution in [2.45, 2.75) is 128 Å². The van der Waals surface area contributed by atoms with Crippen molar-refractivity contribution in [3.8, 4) is 0 Å². The topological polar surface area (TPSA) is 43.1 Å². The van der Waals surface area contributed by atoms with Gasteiger partial charge in [0.1, 0.15) is 0 Å². The first-order chi connectivity index (χ1) is 11.7. The van der Waals surface area contributed by atoms with Crippen LogP contribution in [0.5, 0.6) is 0 Å². The molecule has 2 saturated carbocycles. The highest BCUT2D eigenvalue weighted by Crippen LogP contribution is 2.35. The summed E-state index contributed by atoms with van der Waals surface area (Å²) in [4.78, 5) is 11.5. The molecule has 0 bridgehead atoms. The average Bonchev–Trinajstić information content (AvgIpc) is 2.62. The molecule has 0 amide bonds. The van der Waals surface area contributed by atoms with Crippen LogP contribution in [0.25, 0.3) is 0 Å². The third-order valence-corrected chi connectivity index (χ3v) is 6.65. The van der Waals surface area contributed by atoms with E-state index in [1.54, 1.807) is 0 Å². The summed E-state index contributed by atoms with van der Waals surface area (Å²) in [6, 6.07) is 0. The molecule has 2 rings (SSSR count). The maximum atomic E-state index is 11.5. The fourth-order valence-electron chi connectivity index (χ4n) is 4.98. The smallest absolute Gasteiger partial charge is 0.222 e. The zero-order chi connectivity index (χ0) is 17.1. The van der Waals surface area contributed by atoms with Crippen LogP contribution in [0.15, 0.2) is 0 Å². The molecule has 0 unspecified atom stereocenters. The second-order valence-electron chi connectivity index (χ2n) is 8.56. The van der Waals surface area contributed by atoms with Gasteiger partial charge in [-0.1, -0.05) is 83.5 Å². The maximum absolute atomic E-state index is 11.5. The third kappa shape index (κ3) is 6.72. The van der Waals surface area contributed by atoms with Gasteiger partial charge in [-0.15, -0.1) is 0 Å². The van der Waals surface area contributed by atoms with E-state index in [9.17, 15) is 10.1 Å². The largest absolute Gasteiger partial charge is 0.264 e. The molecule has 0 aromatic rings. The first kappa shape index (κ1) is 19.7. The quantitative estimate of drug-likeness (QED) is 0.230. The summed E-state index contributed by atoms with van der Waals surface area (Å²) in [7, 11) is 0. The van der Waals surface area contributed by atoms with Crippen LogP contribution in [-0.2, 0) is 0 Å². The third-order valence-electron chi connectivity index (χ3n) is 6.65. The molecule has 0 radical (unpaired) electrons. The molecule has 0 spiro atoms. The summed E-state index contributed by atoms with van der Waals surface area (Å²) in [5, 5.41) is 11.5. The van der Waals surface area contributed by atoms with Crippen LogP contribution in [0.4, 0.5) is 0 Å². The fraction of sp³-hybridized carbons (Fsp3) is 1.00. The predicted molar refractivity (Wildman–Crippen MR) is 101 cm³/mol. The Labute approximate surface area is 149 Å². The molecule has 0 N–H and O–H groups in total. The van der Waals surface area contributed by atoms with E-state index in [0.717, 1.165) is 44.4 Å². The summed E-state index contributed by atoms with van der Waals surface area (Å²) in [5.41, 5.74) is -0.557. The standard InChI is InChI=1S/C21H39NO2/c23-22(24)21(18-12-7-13-19-21)17-11-5-3-1-2-4-8-14-20-15-9-6-10-16-20/h20H,1-19H2. The number of nitro groups is 1. The molecule has 2 aliphatic carbocycles. The van der Waals surface area contributed by atoms with Crippen LogP contribution in [0.1, 0.15) is 122 Å². The number of unbranched alkanes of at least 4 members (excludes halogenated alkanes) is 6. The lowest BCUT2D eigenvalue weighted by Gasteiger charge is -2.29. The maximum Gasteiger partial charge on any atom is 0.222 e. The Kier molecular flexibility index (Phi) is 9.12. The van der Waals surface area contributed by atoms with E-state index < -0.39 is 5.54 Å². The highest BCUT2D eigenvalue weighted by Gasteiger charge is 2.42. The molecule has 3 heteroatoms. The molecular weight excluding hydrogens is 298 g/mol. The van der Waals surface area contributed by atoms with Gasteiger partial charge < -0.3 is 0 Å². The SMILES string of the molecule is O=[N+]([O-])C1(CCCCCCCCCC2CCCCC2)CCCCC1. The molecule has 0 aromatic heterocycles. The molecule has 0 saturated heterocycles. The van der Waals surface area contributed by atoms with Crippen molar-refractivity contribution in [1.29, 1.82) is 0 Å².